The van der Waals surface area contributed by atoms with Crippen LogP contribution in [0.5, 0.6) is 0 Å². The highest BCUT2D eigenvalue weighted by molar-refractivity contribution is 5.96. The van der Waals surface area contributed by atoms with E-state index in [1.165, 1.54) is 5.56 Å². The fourth-order valence-corrected chi connectivity index (χ4v) is 1.77. The Morgan fingerprint density at radius 2 is 1.50 bits per heavy atom. The van der Waals surface area contributed by atoms with Crippen LogP contribution >= 0.6 is 0 Å². The third-order valence-electron chi connectivity index (χ3n) is 2.74. The van der Waals surface area contributed by atoms with Crippen molar-refractivity contribution in [3.8, 4) is 0 Å². The Hall–Kier alpha value is -2.15. The third kappa shape index (κ3) is 3.70. The number of hydrogen-bond acceptors (Lipinski definition) is 1. The van der Waals surface area contributed by atoms with Gasteiger partial charge in [0.2, 0.25) is 0 Å². The van der Waals surface area contributed by atoms with Gasteiger partial charge in [-0.15, -0.1) is 0 Å². The van der Waals surface area contributed by atoms with Gasteiger partial charge in [-0.3, -0.25) is 4.79 Å². The van der Waals surface area contributed by atoms with Crippen LogP contribution in [0.25, 0.3) is 6.08 Å². The van der Waals surface area contributed by atoms with Crippen molar-refractivity contribution in [2.45, 2.75) is 12.8 Å². The zero-order chi connectivity index (χ0) is 12.6. The second-order valence-corrected chi connectivity index (χ2v) is 4.14. The molecule has 2 aromatic rings. The van der Waals surface area contributed by atoms with Gasteiger partial charge in [0.05, 0.1) is 0 Å². The maximum Gasteiger partial charge on any atom is 0.163 e. The molecule has 2 rings (SSSR count). The quantitative estimate of drug-likeness (QED) is 0.705. The number of carbonyl (C=O) groups is 1. The molecule has 0 aromatic heterocycles. The van der Waals surface area contributed by atoms with E-state index in [1.807, 2.05) is 48.5 Å². The smallest absolute Gasteiger partial charge is 0.163 e. The average molecular weight is 236 g/mol. The van der Waals surface area contributed by atoms with E-state index < -0.39 is 0 Å². The van der Waals surface area contributed by atoms with Crippen molar-refractivity contribution in [2.75, 3.05) is 0 Å². The van der Waals surface area contributed by atoms with Gasteiger partial charge < -0.3 is 0 Å². The largest absolute Gasteiger partial charge is 0.294 e. The van der Waals surface area contributed by atoms with Crippen molar-refractivity contribution in [3.05, 3.63) is 77.9 Å². The van der Waals surface area contributed by atoms with Crippen LogP contribution in [-0.4, -0.2) is 5.78 Å². The molecule has 0 N–H and O–H groups in total. The van der Waals surface area contributed by atoms with E-state index in [-0.39, 0.29) is 5.78 Å². The lowest BCUT2D eigenvalue weighted by Crippen LogP contribution is -1.97. The number of ketones is 1. The van der Waals surface area contributed by atoms with Crippen molar-refractivity contribution in [1.82, 2.24) is 0 Å². The minimum Gasteiger partial charge on any atom is -0.294 e. The summed E-state index contributed by atoms with van der Waals surface area (Å²) in [5, 5.41) is 0. The molecule has 0 atom stereocenters. The van der Waals surface area contributed by atoms with Crippen LogP contribution in [0.1, 0.15) is 28.8 Å². The summed E-state index contributed by atoms with van der Waals surface area (Å²) < 4.78 is 0. The minimum absolute atomic E-state index is 0.202. The molecule has 18 heavy (non-hydrogen) atoms. The van der Waals surface area contributed by atoms with E-state index >= 15 is 0 Å². The molecule has 1 nitrogen and oxygen atoms in total. The summed E-state index contributed by atoms with van der Waals surface area (Å²) in [6.45, 7) is 0. The second-order valence-electron chi connectivity index (χ2n) is 4.14. The molecule has 0 aliphatic carbocycles. The molecule has 90 valence electrons. The van der Waals surface area contributed by atoms with Crippen molar-refractivity contribution in [1.29, 1.82) is 0 Å². The van der Waals surface area contributed by atoms with E-state index in [0.717, 1.165) is 12.0 Å². The zero-order valence-electron chi connectivity index (χ0n) is 10.3. The highest BCUT2D eigenvalue weighted by Crippen LogP contribution is 2.07. The van der Waals surface area contributed by atoms with E-state index in [9.17, 15) is 4.79 Å². The highest BCUT2D eigenvalue weighted by Gasteiger charge is 2.02. The number of allylic oxidation sites excluding steroid dienone is 1. The van der Waals surface area contributed by atoms with Crippen LogP contribution in [0.3, 0.4) is 0 Å². The molecular formula is C17H16O. The maximum absolute atomic E-state index is 11.8. The van der Waals surface area contributed by atoms with Crippen molar-refractivity contribution >= 4 is 11.9 Å². The standard InChI is InChI=1S/C17H16O/c18-17(16-12-5-2-6-13-16)14-8-7-11-15-9-3-1-4-10-15/h1-7,9-13H,8,14H2. The molecule has 0 radical (unpaired) electrons. The first kappa shape index (κ1) is 12.3. The lowest BCUT2D eigenvalue weighted by molar-refractivity contribution is 0.0984. The summed E-state index contributed by atoms with van der Waals surface area (Å²) in [4.78, 5) is 11.8. The SMILES string of the molecule is O=C(CCC=Cc1ccccc1)c1ccccc1. The van der Waals surface area contributed by atoms with Crippen LogP contribution in [-0.2, 0) is 0 Å². The molecular weight excluding hydrogens is 220 g/mol. The number of hydrogen-bond donors (Lipinski definition) is 0. The second kappa shape index (κ2) is 6.55. The zero-order valence-corrected chi connectivity index (χ0v) is 10.3. The molecule has 2 aromatic carbocycles. The van der Waals surface area contributed by atoms with Gasteiger partial charge in [0.1, 0.15) is 0 Å². The Labute approximate surface area is 108 Å². The number of Topliss-reactive ketones (excluding diaryl/α,β-unsaturated/α-hetero) is 1. The molecule has 0 amide bonds. The summed E-state index contributed by atoms with van der Waals surface area (Å²) in [6, 6.07) is 19.6. The van der Waals surface area contributed by atoms with Gasteiger partial charge in [0, 0.05) is 12.0 Å². The van der Waals surface area contributed by atoms with E-state index in [1.54, 1.807) is 0 Å². The molecule has 0 bridgehead atoms. The van der Waals surface area contributed by atoms with Gasteiger partial charge in [-0.2, -0.15) is 0 Å². The number of benzene rings is 2. The van der Waals surface area contributed by atoms with E-state index in [0.29, 0.717) is 6.42 Å². The minimum atomic E-state index is 0.202. The van der Waals surface area contributed by atoms with Gasteiger partial charge in [0.25, 0.3) is 0 Å². The normalized spacial score (nSPS) is 10.7. The van der Waals surface area contributed by atoms with Crippen LogP contribution in [0.15, 0.2) is 66.7 Å². The Morgan fingerprint density at radius 1 is 0.889 bits per heavy atom. The predicted octanol–water partition coefficient (Wildman–Crippen LogP) is 4.36. The summed E-state index contributed by atoms with van der Waals surface area (Å²) in [6.07, 6.45) is 5.45. The summed E-state index contributed by atoms with van der Waals surface area (Å²) >= 11 is 0. The van der Waals surface area contributed by atoms with Crippen LogP contribution in [0.2, 0.25) is 0 Å². The number of carbonyl (C=O) groups excluding carboxylic acids is 1. The molecule has 0 saturated heterocycles. The van der Waals surface area contributed by atoms with Crippen LogP contribution in [0, 0.1) is 0 Å². The molecule has 0 aliphatic rings. The fraction of sp³-hybridized carbons (Fsp3) is 0.118. The van der Waals surface area contributed by atoms with Crippen LogP contribution < -0.4 is 0 Å². The van der Waals surface area contributed by atoms with Gasteiger partial charge in [-0.25, -0.2) is 0 Å². The van der Waals surface area contributed by atoms with Gasteiger partial charge in [0.15, 0.2) is 5.78 Å². The molecule has 0 aliphatic heterocycles. The van der Waals surface area contributed by atoms with E-state index in [4.69, 9.17) is 0 Å². The predicted molar refractivity (Wildman–Crippen MR) is 75.5 cm³/mol. The summed E-state index contributed by atoms with van der Waals surface area (Å²) in [5.74, 6) is 0.202. The molecule has 1 heteroatoms. The van der Waals surface area contributed by atoms with Crippen molar-refractivity contribution in [2.24, 2.45) is 0 Å². The van der Waals surface area contributed by atoms with E-state index in [2.05, 4.69) is 24.3 Å². The molecule has 0 unspecified atom stereocenters. The Balaban J connectivity index is 1.83. The first-order valence-corrected chi connectivity index (χ1v) is 6.16. The third-order valence-corrected chi connectivity index (χ3v) is 2.74. The first-order chi connectivity index (χ1) is 8.86. The van der Waals surface area contributed by atoms with Gasteiger partial charge in [-0.05, 0) is 12.0 Å². The lowest BCUT2D eigenvalue weighted by Gasteiger charge is -1.97. The first-order valence-electron chi connectivity index (χ1n) is 6.16. The maximum atomic E-state index is 11.8. The molecule has 0 heterocycles. The average Bonchev–Trinajstić information content (AvgIpc) is 2.45. The fourth-order valence-electron chi connectivity index (χ4n) is 1.77. The molecule has 0 fully saturated rings. The van der Waals surface area contributed by atoms with Crippen molar-refractivity contribution < 1.29 is 4.79 Å². The Kier molecular flexibility index (Phi) is 4.48. The molecule has 0 spiro atoms. The van der Waals surface area contributed by atoms with Gasteiger partial charge >= 0.3 is 0 Å². The molecule has 0 saturated carbocycles. The summed E-state index contributed by atoms with van der Waals surface area (Å²) in [5.41, 5.74) is 1.97. The monoisotopic (exact) mass is 236 g/mol. The van der Waals surface area contributed by atoms with Crippen LogP contribution in [0.4, 0.5) is 0 Å². The Morgan fingerprint density at radius 3 is 2.17 bits per heavy atom. The van der Waals surface area contributed by atoms with Crippen molar-refractivity contribution in [3.63, 3.8) is 0 Å². The number of rotatable bonds is 5. The summed E-state index contributed by atoms with van der Waals surface area (Å²) in [7, 11) is 0. The highest BCUT2D eigenvalue weighted by atomic mass is 16.1. The lowest BCUT2D eigenvalue weighted by atomic mass is 10.1. The Bertz CT molecular complexity index is 512. The topological polar surface area (TPSA) is 17.1 Å². The van der Waals surface area contributed by atoms with Gasteiger partial charge in [-0.1, -0.05) is 72.8 Å².